The second-order valence-corrected chi connectivity index (χ2v) is 9.90. The van der Waals surface area contributed by atoms with Crippen LogP contribution in [0.15, 0.2) is 0 Å². The highest BCUT2D eigenvalue weighted by atomic mass is 19.3. The summed E-state index contributed by atoms with van der Waals surface area (Å²) in [5.41, 5.74) is 0.247. The van der Waals surface area contributed by atoms with Crippen molar-refractivity contribution >= 4 is 17.7 Å². The lowest BCUT2D eigenvalue weighted by atomic mass is 9.92. The molecule has 0 spiro atoms. The Hall–Kier alpha value is -1.99. The summed E-state index contributed by atoms with van der Waals surface area (Å²) in [6.07, 6.45) is 2.01. The van der Waals surface area contributed by atoms with E-state index in [9.17, 15) is 18.7 Å². The number of fused-ring (bicyclic) bond motifs is 2. The van der Waals surface area contributed by atoms with Crippen LogP contribution >= 0.6 is 0 Å². The molecule has 29 heavy (non-hydrogen) atoms. The van der Waals surface area contributed by atoms with Gasteiger partial charge in [-0.25, -0.2) is 4.98 Å². The van der Waals surface area contributed by atoms with Crippen LogP contribution in [0.25, 0.3) is 0 Å². The van der Waals surface area contributed by atoms with Crippen LogP contribution in [0, 0.1) is 16.7 Å². The van der Waals surface area contributed by atoms with Gasteiger partial charge in [0.15, 0.2) is 0 Å². The molecule has 0 amide bonds. The first-order valence-electron chi connectivity index (χ1n) is 10.6. The molecule has 8 heteroatoms. The number of nitrogens with zero attached hydrogens (tertiary/aromatic N) is 4. The molecule has 4 aliphatic rings. The van der Waals surface area contributed by atoms with Gasteiger partial charge in [0.05, 0.1) is 0 Å². The van der Waals surface area contributed by atoms with Gasteiger partial charge in [-0.2, -0.15) is 13.8 Å². The van der Waals surface area contributed by atoms with Gasteiger partial charge in [-0.1, -0.05) is 13.8 Å². The molecule has 3 fully saturated rings. The van der Waals surface area contributed by atoms with Gasteiger partial charge in [0.1, 0.15) is 11.5 Å². The van der Waals surface area contributed by atoms with Crippen LogP contribution in [0.2, 0.25) is 0 Å². The van der Waals surface area contributed by atoms with Crippen LogP contribution in [-0.2, 0) is 17.1 Å². The Morgan fingerprint density at radius 3 is 2.48 bits per heavy atom. The Morgan fingerprint density at radius 1 is 1.24 bits per heavy atom. The van der Waals surface area contributed by atoms with Crippen LogP contribution in [0.1, 0.15) is 57.7 Å². The minimum Gasteiger partial charge on any atom is -0.481 e. The second kappa shape index (κ2) is 5.79. The fraction of sp³-hybridized carbons (Fsp3) is 0.762. The van der Waals surface area contributed by atoms with E-state index in [4.69, 9.17) is 4.98 Å². The summed E-state index contributed by atoms with van der Waals surface area (Å²) in [5, 5.41) is 9.24. The predicted molar refractivity (Wildman–Crippen MR) is 104 cm³/mol. The van der Waals surface area contributed by atoms with Gasteiger partial charge < -0.3 is 14.9 Å². The number of piperidine rings is 1. The third kappa shape index (κ3) is 2.53. The first-order valence-corrected chi connectivity index (χ1v) is 10.6. The maximum atomic E-state index is 14.8. The van der Waals surface area contributed by atoms with Crippen molar-refractivity contribution < 1.29 is 18.7 Å². The average Bonchev–Trinajstić information content (AvgIpc) is 2.90. The van der Waals surface area contributed by atoms with Crippen molar-refractivity contribution in [3.63, 3.8) is 0 Å². The molecule has 0 unspecified atom stereocenters. The van der Waals surface area contributed by atoms with Crippen LogP contribution in [-0.4, -0.2) is 46.7 Å². The minimum absolute atomic E-state index is 0.0965. The molecule has 1 aromatic rings. The summed E-state index contributed by atoms with van der Waals surface area (Å²) in [7, 11) is 0. The smallest absolute Gasteiger partial charge is 0.303 e. The van der Waals surface area contributed by atoms with Crippen LogP contribution < -0.4 is 9.80 Å². The van der Waals surface area contributed by atoms with Gasteiger partial charge in [-0.05, 0) is 42.9 Å². The number of carbonyl (C=O) groups is 1. The van der Waals surface area contributed by atoms with E-state index in [1.54, 1.807) is 0 Å². The lowest BCUT2D eigenvalue weighted by Crippen LogP contribution is -2.47. The quantitative estimate of drug-likeness (QED) is 0.826. The number of aliphatic carboxylic acids is 1. The van der Waals surface area contributed by atoms with Gasteiger partial charge in [0, 0.05) is 44.1 Å². The highest BCUT2D eigenvalue weighted by molar-refractivity contribution is 5.69. The zero-order chi connectivity index (χ0) is 20.8. The monoisotopic (exact) mass is 406 g/mol. The number of aromatic nitrogens is 2. The highest BCUT2D eigenvalue weighted by Crippen LogP contribution is 2.74. The van der Waals surface area contributed by atoms with E-state index in [0.29, 0.717) is 43.3 Å². The fourth-order valence-electron chi connectivity index (χ4n) is 6.08. The maximum absolute atomic E-state index is 14.8. The van der Waals surface area contributed by atoms with Gasteiger partial charge in [-0.15, -0.1) is 0 Å². The van der Waals surface area contributed by atoms with Crippen molar-refractivity contribution in [2.75, 3.05) is 29.4 Å². The Kier molecular flexibility index (Phi) is 3.79. The average molecular weight is 406 g/mol. The maximum Gasteiger partial charge on any atom is 0.303 e. The molecule has 1 saturated carbocycles. The summed E-state index contributed by atoms with van der Waals surface area (Å²) in [6, 6.07) is 0.264. The van der Waals surface area contributed by atoms with Crippen molar-refractivity contribution in [3.05, 3.63) is 11.3 Å². The first-order chi connectivity index (χ1) is 13.6. The molecular formula is C21H28F2N4O2. The van der Waals surface area contributed by atoms with E-state index in [0.717, 1.165) is 13.0 Å². The predicted octanol–water partition coefficient (Wildman–Crippen LogP) is 3.44. The molecule has 0 bridgehead atoms. The Bertz CT molecular complexity index is 876. The molecule has 0 aromatic carbocycles. The number of hydrogen-bond donors (Lipinski definition) is 1. The SMILES string of the molecule is C[C@H]1CCN1c1nc(N2C[C@@]3(C)[C@H](CC(=O)O)[C@@]3(C)C2)c2c(n1)C(F)(F)CCC2. The number of carboxylic acids is 1. The number of halogens is 2. The number of carboxylic acid groups (broad SMARTS) is 1. The van der Waals surface area contributed by atoms with E-state index in [2.05, 4.69) is 30.7 Å². The molecule has 5 rings (SSSR count). The van der Waals surface area contributed by atoms with Gasteiger partial charge >= 0.3 is 5.97 Å². The lowest BCUT2D eigenvalue weighted by Gasteiger charge is -2.40. The standard InChI is InChI=1S/C21H28F2N4O2/c1-12-6-8-27(12)18-24-16-13(5-4-7-21(16,22)23)17(25-18)26-10-19(2)14(9-15(28)29)20(19,3)11-26/h12,14H,4-11H2,1-3H3,(H,28,29)/t12-,14-,19-,20+/m0/s1. The van der Waals surface area contributed by atoms with Crippen molar-refractivity contribution in [3.8, 4) is 0 Å². The normalized spacial score (nSPS) is 37.0. The first kappa shape index (κ1) is 19.0. The third-order valence-electron chi connectivity index (χ3n) is 8.29. The van der Waals surface area contributed by atoms with E-state index in [1.165, 1.54) is 0 Å². The molecule has 2 aliphatic carbocycles. The Balaban J connectivity index is 1.53. The van der Waals surface area contributed by atoms with E-state index in [1.807, 2.05) is 4.90 Å². The Labute approximate surface area is 169 Å². The summed E-state index contributed by atoms with van der Waals surface area (Å²) in [4.78, 5) is 24.5. The second-order valence-electron chi connectivity index (χ2n) is 9.90. The van der Waals surface area contributed by atoms with E-state index < -0.39 is 11.9 Å². The van der Waals surface area contributed by atoms with E-state index >= 15 is 0 Å². The minimum atomic E-state index is -2.92. The largest absolute Gasteiger partial charge is 0.481 e. The molecule has 2 aliphatic heterocycles. The molecular weight excluding hydrogens is 378 g/mol. The van der Waals surface area contributed by atoms with Gasteiger partial charge in [0.25, 0.3) is 5.92 Å². The molecule has 1 N–H and O–H groups in total. The zero-order valence-corrected chi connectivity index (χ0v) is 17.2. The molecule has 6 nitrogen and oxygen atoms in total. The third-order valence-corrected chi connectivity index (χ3v) is 8.29. The van der Waals surface area contributed by atoms with Crippen LogP contribution in [0.3, 0.4) is 0 Å². The van der Waals surface area contributed by atoms with Crippen LogP contribution in [0.4, 0.5) is 20.5 Å². The van der Waals surface area contributed by atoms with Crippen molar-refractivity contribution in [2.45, 2.75) is 64.8 Å². The summed E-state index contributed by atoms with van der Waals surface area (Å²) < 4.78 is 29.6. The number of hydrogen-bond acceptors (Lipinski definition) is 5. The number of alkyl halides is 2. The van der Waals surface area contributed by atoms with Gasteiger partial charge in [-0.3, -0.25) is 4.79 Å². The highest BCUT2D eigenvalue weighted by Gasteiger charge is 2.75. The molecule has 2 saturated heterocycles. The molecule has 3 heterocycles. The van der Waals surface area contributed by atoms with Crippen molar-refractivity contribution in [1.82, 2.24) is 9.97 Å². The number of rotatable bonds is 4. The molecule has 4 atom stereocenters. The zero-order valence-electron chi connectivity index (χ0n) is 17.2. The Morgan fingerprint density at radius 2 is 1.93 bits per heavy atom. The summed E-state index contributed by atoms with van der Waals surface area (Å²) in [6.45, 7) is 8.42. The summed E-state index contributed by atoms with van der Waals surface area (Å²) >= 11 is 0. The topological polar surface area (TPSA) is 69.6 Å². The molecule has 158 valence electrons. The lowest BCUT2D eigenvalue weighted by molar-refractivity contribution is -0.137. The van der Waals surface area contributed by atoms with Crippen LogP contribution in [0.5, 0.6) is 0 Å². The number of anilines is 2. The van der Waals surface area contributed by atoms with Crippen molar-refractivity contribution in [1.29, 1.82) is 0 Å². The van der Waals surface area contributed by atoms with Crippen molar-refractivity contribution in [2.24, 2.45) is 16.7 Å². The van der Waals surface area contributed by atoms with Gasteiger partial charge in [0.2, 0.25) is 5.95 Å². The fourth-order valence-corrected chi connectivity index (χ4v) is 6.08. The molecule has 0 radical (unpaired) electrons. The molecule has 1 aromatic heterocycles. The van der Waals surface area contributed by atoms with E-state index in [-0.39, 0.29) is 41.3 Å². The summed E-state index contributed by atoms with van der Waals surface area (Å²) in [5.74, 6) is -2.51.